The van der Waals surface area contributed by atoms with Crippen LogP contribution < -0.4 is 16.4 Å². The number of nitrogens with two attached hydrogens (primary N) is 1. The summed E-state index contributed by atoms with van der Waals surface area (Å²) >= 11 is 1.41. The molecule has 0 saturated carbocycles. The number of nitrogens with zero attached hydrogens (tertiary/aromatic N) is 5. The minimum atomic E-state index is -1.09. The van der Waals surface area contributed by atoms with Crippen molar-refractivity contribution >= 4 is 33.9 Å². The first-order valence-electron chi connectivity index (χ1n) is 10.2. The van der Waals surface area contributed by atoms with Gasteiger partial charge in [0.15, 0.2) is 17.5 Å². The zero-order valence-corrected chi connectivity index (χ0v) is 18.6. The van der Waals surface area contributed by atoms with Crippen molar-refractivity contribution < 1.29 is 13.6 Å². The third kappa shape index (κ3) is 4.54. The molecule has 0 bridgehead atoms. The molecule has 35 heavy (non-hydrogen) atoms. The number of tetrazole rings is 1. The summed E-state index contributed by atoms with van der Waals surface area (Å²) in [6, 6.07) is 15.8. The van der Waals surface area contributed by atoms with Crippen molar-refractivity contribution in [2.45, 2.75) is 0 Å². The average molecular weight is 490 g/mol. The number of thiophene rings is 1. The molecular weight excluding hydrogens is 474 g/mol. The average Bonchev–Trinajstić information content (AvgIpc) is 3.54. The van der Waals surface area contributed by atoms with Gasteiger partial charge in [-0.3, -0.25) is 5.32 Å². The number of pyridine rings is 1. The van der Waals surface area contributed by atoms with Crippen LogP contribution in [0, 0.1) is 11.6 Å². The number of aromatic nitrogens is 5. The predicted octanol–water partition coefficient (Wildman–Crippen LogP) is 4.96. The smallest absolute Gasteiger partial charge is 0.324 e. The zero-order chi connectivity index (χ0) is 24.4. The Kier molecular flexibility index (Phi) is 5.85. The van der Waals surface area contributed by atoms with E-state index in [1.165, 1.54) is 23.5 Å². The first-order valence-corrected chi connectivity index (χ1v) is 11.1. The molecule has 2 amide bonds. The van der Waals surface area contributed by atoms with E-state index >= 15 is 0 Å². The van der Waals surface area contributed by atoms with Gasteiger partial charge in [-0.15, -0.1) is 16.4 Å². The van der Waals surface area contributed by atoms with Crippen LogP contribution in [0.4, 0.5) is 30.1 Å². The number of halogens is 2. The van der Waals surface area contributed by atoms with Gasteiger partial charge in [0.1, 0.15) is 11.5 Å². The van der Waals surface area contributed by atoms with Gasteiger partial charge in [0, 0.05) is 17.4 Å². The molecule has 174 valence electrons. The lowest BCUT2D eigenvalue weighted by atomic mass is 10.0. The Balaban J connectivity index is 1.46. The zero-order valence-electron chi connectivity index (χ0n) is 17.8. The minimum absolute atomic E-state index is 0.0888. The van der Waals surface area contributed by atoms with Crippen LogP contribution in [-0.2, 0) is 0 Å². The highest BCUT2D eigenvalue weighted by Crippen LogP contribution is 2.31. The second kappa shape index (κ2) is 9.27. The highest BCUT2D eigenvalue weighted by Gasteiger charge is 2.19. The molecule has 0 atom stereocenters. The number of anilines is 3. The molecule has 5 aromatic rings. The van der Waals surface area contributed by atoms with Gasteiger partial charge < -0.3 is 11.1 Å². The van der Waals surface area contributed by atoms with E-state index in [4.69, 9.17) is 5.73 Å². The lowest BCUT2D eigenvalue weighted by Gasteiger charge is -2.11. The molecule has 0 aliphatic rings. The molecule has 5 rings (SSSR count). The number of urea groups is 1. The first-order chi connectivity index (χ1) is 17.0. The van der Waals surface area contributed by atoms with Crippen molar-refractivity contribution in [3.63, 3.8) is 0 Å². The molecule has 0 aliphatic carbocycles. The molecule has 0 radical (unpaired) electrons. The summed E-state index contributed by atoms with van der Waals surface area (Å²) in [7, 11) is 0. The maximum absolute atomic E-state index is 14.4. The normalized spacial score (nSPS) is 10.8. The molecule has 0 aliphatic heterocycles. The SMILES string of the molecule is Nc1ncc(-c2cccc(NC(=O)Nc3cccs3)c2)cc1-c1nnnn1-c1cccc(F)c1F. The Labute approximate surface area is 201 Å². The summed E-state index contributed by atoms with van der Waals surface area (Å²) in [6.07, 6.45) is 1.56. The maximum Gasteiger partial charge on any atom is 0.324 e. The summed E-state index contributed by atoms with van der Waals surface area (Å²) in [5.74, 6) is -1.93. The highest BCUT2D eigenvalue weighted by atomic mass is 32.1. The van der Waals surface area contributed by atoms with Crippen LogP contribution in [0.3, 0.4) is 0 Å². The van der Waals surface area contributed by atoms with Crippen molar-refractivity contribution in [3.8, 4) is 28.2 Å². The van der Waals surface area contributed by atoms with E-state index in [-0.39, 0.29) is 23.4 Å². The van der Waals surface area contributed by atoms with Crippen molar-refractivity contribution in [2.75, 3.05) is 16.4 Å². The molecule has 9 nitrogen and oxygen atoms in total. The first kappa shape index (κ1) is 22.1. The van der Waals surface area contributed by atoms with Crippen LogP contribution in [0.15, 0.2) is 72.2 Å². The van der Waals surface area contributed by atoms with Crippen molar-refractivity contribution in [2.24, 2.45) is 0 Å². The lowest BCUT2D eigenvalue weighted by Crippen LogP contribution is -2.18. The summed E-state index contributed by atoms with van der Waals surface area (Å²) < 4.78 is 29.2. The van der Waals surface area contributed by atoms with Crippen molar-refractivity contribution in [3.05, 3.63) is 83.9 Å². The van der Waals surface area contributed by atoms with E-state index in [0.29, 0.717) is 16.8 Å². The van der Waals surface area contributed by atoms with Gasteiger partial charge in [-0.05, 0) is 63.8 Å². The third-order valence-corrected chi connectivity index (χ3v) is 5.79. The number of hydrogen-bond donors (Lipinski definition) is 3. The van der Waals surface area contributed by atoms with E-state index in [2.05, 4.69) is 31.1 Å². The number of carbonyl (C=O) groups is 1. The number of carbonyl (C=O) groups excluding carboxylic acids is 1. The maximum atomic E-state index is 14.4. The molecule has 3 heterocycles. The van der Waals surface area contributed by atoms with Crippen LogP contribution in [0.1, 0.15) is 0 Å². The third-order valence-electron chi connectivity index (χ3n) is 5.00. The Morgan fingerprint density at radius 3 is 2.69 bits per heavy atom. The van der Waals surface area contributed by atoms with E-state index in [0.717, 1.165) is 21.3 Å². The standard InChI is InChI=1S/C23H16F2N8OS/c24-17-6-2-7-18(20(17)25)33-22(30-31-32-33)16-11-14(12-27-21(16)26)13-4-1-5-15(10-13)28-23(34)29-19-8-3-9-35-19/h1-12H,(H2,26,27)(H2,28,29,34). The fraction of sp³-hybridized carbons (Fsp3) is 0. The van der Waals surface area contributed by atoms with Gasteiger partial charge in [0.05, 0.1) is 10.6 Å². The number of nitrogen functional groups attached to an aromatic ring is 1. The van der Waals surface area contributed by atoms with Gasteiger partial charge in [-0.1, -0.05) is 18.2 Å². The Hall–Kier alpha value is -4.71. The molecule has 2 aromatic carbocycles. The molecule has 0 spiro atoms. The van der Waals surface area contributed by atoms with Crippen LogP contribution >= 0.6 is 11.3 Å². The number of rotatable bonds is 5. The molecular formula is C23H16F2N8OS. The summed E-state index contributed by atoms with van der Waals surface area (Å²) in [5, 5.41) is 19.5. The van der Waals surface area contributed by atoms with Crippen LogP contribution in [0.25, 0.3) is 28.2 Å². The molecule has 0 saturated heterocycles. The van der Waals surface area contributed by atoms with E-state index in [9.17, 15) is 13.6 Å². The summed E-state index contributed by atoms with van der Waals surface area (Å²) in [5.41, 5.74) is 8.16. The van der Waals surface area contributed by atoms with Gasteiger partial charge in [0.2, 0.25) is 0 Å². The highest BCUT2D eigenvalue weighted by molar-refractivity contribution is 7.14. The number of hydrogen-bond acceptors (Lipinski definition) is 7. The van der Waals surface area contributed by atoms with Gasteiger partial charge in [-0.2, -0.15) is 4.68 Å². The molecule has 4 N–H and O–H groups in total. The molecule has 3 aromatic heterocycles. The van der Waals surface area contributed by atoms with Crippen molar-refractivity contribution in [1.29, 1.82) is 0 Å². The Morgan fingerprint density at radius 2 is 1.86 bits per heavy atom. The fourth-order valence-electron chi connectivity index (χ4n) is 3.39. The summed E-state index contributed by atoms with van der Waals surface area (Å²) in [4.78, 5) is 16.5. The largest absolute Gasteiger partial charge is 0.383 e. The Morgan fingerprint density at radius 1 is 1.00 bits per heavy atom. The monoisotopic (exact) mass is 490 g/mol. The summed E-state index contributed by atoms with van der Waals surface area (Å²) in [6.45, 7) is 0. The van der Waals surface area contributed by atoms with Crippen LogP contribution in [0.2, 0.25) is 0 Å². The van der Waals surface area contributed by atoms with E-state index in [1.807, 2.05) is 17.5 Å². The number of benzene rings is 2. The lowest BCUT2D eigenvalue weighted by molar-refractivity contribution is 0.262. The number of amides is 2. The molecule has 12 heteroatoms. The fourth-order valence-corrected chi connectivity index (χ4v) is 4.00. The quantitative estimate of drug-likeness (QED) is 0.320. The van der Waals surface area contributed by atoms with Gasteiger partial charge in [0.25, 0.3) is 0 Å². The van der Waals surface area contributed by atoms with Gasteiger partial charge >= 0.3 is 6.03 Å². The Bertz CT molecular complexity index is 1520. The molecule has 0 fully saturated rings. The topological polar surface area (TPSA) is 124 Å². The van der Waals surface area contributed by atoms with E-state index in [1.54, 1.807) is 36.5 Å². The van der Waals surface area contributed by atoms with Crippen molar-refractivity contribution in [1.82, 2.24) is 25.2 Å². The van der Waals surface area contributed by atoms with Crippen LogP contribution in [-0.4, -0.2) is 31.2 Å². The van der Waals surface area contributed by atoms with E-state index < -0.39 is 11.6 Å². The van der Waals surface area contributed by atoms with Crippen LogP contribution in [0.5, 0.6) is 0 Å². The predicted molar refractivity (Wildman–Crippen MR) is 129 cm³/mol. The molecule has 0 unspecified atom stereocenters. The second-order valence-corrected chi connectivity index (χ2v) is 8.23. The minimum Gasteiger partial charge on any atom is -0.383 e. The number of nitrogens with one attached hydrogen (secondary N) is 2. The second-order valence-electron chi connectivity index (χ2n) is 7.28. The van der Waals surface area contributed by atoms with Gasteiger partial charge in [-0.25, -0.2) is 18.6 Å².